The van der Waals surface area contributed by atoms with Gasteiger partial charge in [0.1, 0.15) is 35.7 Å². The summed E-state index contributed by atoms with van der Waals surface area (Å²) in [6.07, 6.45) is 1.33. The lowest BCUT2D eigenvalue weighted by molar-refractivity contribution is -0.137. The number of carbonyl (C=O) groups is 6. The van der Waals surface area contributed by atoms with Crippen LogP contribution < -0.4 is 31.3 Å². The van der Waals surface area contributed by atoms with Crippen LogP contribution in [0.5, 0.6) is 5.75 Å². The van der Waals surface area contributed by atoms with Crippen LogP contribution in [0.25, 0.3) is 22.0 Å². The molecule has 14 nitrogen and oxygen atoms in total. The van der Waals surface area contributed by atoms with E-state index in [4.69, 9.17) is 9.84 Å². The highest BCUT2D eigenvalue weighted by molar-refractivity contribution is 5.96. The number of carboxylic acids is 1. The zero-order chi connectivity index (χ0) is 45.7. The minimum atomic E-state index is -1.46. The van der Waals surface area contributed by atoms with E-state index in [1.807, 2.05) is 78.9 Å². The summed E-state index contributed by atoms with van der Waals surface area (Å²) in [5.74, 6) is -4.86. The Morgan fingerprint density at radius 1 is 0.662 bits per heavy atom. The number of carboxylic acid groups (broad SMARTS) is 1. The van der Waals surface area contributed by atoms with Crippen LogP contribution in [0, 0.1) is 5.82 Å². The summed E-state index contributed by atoms with van der Waals surface area (Å²) < 4.78 is 21.1. The first-order chi connectivity index (χ1) is 31.5. The van der Waals surface area contributed by atoms with Crippen molar-refractivity contribution in [1.82, 2.24) is 31.6 Å². The SMILES string of the molecule is O=C(O)CCCNC(=O)[C@@H]1Cc2ccc(cc2)OCC(=O)N[C@@H](Cc2c[nH]c3ccccc23)C(=O)N[C@H](Cc2ccc(-c3ccccc3)cc2)C(=O)N[C@@H](Cc2ccccc2F)C(=O)N1. The van der Waals surface area contributed by atoms with Gasteiger partial charge in [0.15, 0.2) is 6.61 Å². The largest absolute Gasteiger partial charge is 0.484 e. The van der Waals surface area contributed by atoms with Gasteiger partial charge in [-0.3, -0.25) is 28.8 Å². The molecular formula is C50H49FN6O8. The molecule has 5 amide bonds. The number of halogens is 1. The molecule has 7 N–H and O–H groups in total. The normalized spacial score (nSPS) is 18.5. The zero-order valence-corrected chi connectivity index (χ0v) is 35.4. The Hall–Kier alpha value is -7.81. The first-order valence-electron chi connectivity index (χ1n) is 21.3. The van der Waals surface area contributed by atoms with Gasteiger partial charge in [-0.05, 0) is 64.1 Å². The van der Waals surface area contributed by atoms with E-state index in [0.717, 1.165) is 27.6 Å². The molecule has 0 saturated heterocycles. The number of fused-ring (bicyclic) bond motifs is 17. The third kappa shape index (κ3) is 12.4. The number of H-pyrrole nitrogens is 1. The van der Waals surface area contributed by atoms with Gasteiger partial charge in [-0.15, -0.1) is 0 Å². The lowest BCUT2D eigenvalue weighted by Gasteiger charge is -2.27. The number of rotatable bonds is 12. The van der Waals surface area contributed by atoms with Crippen molar-refractivity contribution in [3.63, 3.8) is 0 Å². The average molecular weight is 881 g/mol. The molecule has 8 rings (SSSR count). The van der Waals surface area contributed by atoms with Crippen molar-refractivity contribution >= 4 is 46.4 Å². The number of amides is 5. The number of carbonyl (C=O) groups excluding carboxylic acids is 5. The van der Waals surface area contributed by atoms with Crippen molar-refractivity contribution in [3.8, 4) is 16.9 Å². The van der Waals surface area contributed by atoms with E-state index < -0.39 is 72.1 Å². The number of ether oxygens (including phenoxy) is 1. The lowest BCUT2D eigenvalue weighted by Crippen LogP contribution is -2.59. The third-order valence-electron chi connectivity index (χ3n) is 11.1. The van der Waals surface area contributed by atoms with Crippen LogP contribution in [0.1, 0.15) is 35.1 Å². The number of aromatic nitrogens is 1. The van der Waals surface area contributed by atoms with Gasteiger partial charge < -0.3 is 41.4 Å². The summed E-state index contributed by atoms with van der Waals surface area (Å²) >= 11 is 0. The van der Waals surface area contributed by atoms with Crippen molar-refractivity contribution < 1.29 is 43.0 Å². The maximum Gasteiger partial charge on any atom is 0.303 e. The number of hydrogen-bond donors (Lipinski definition) is 7. The fraction of sp³-hybridized carbons (Fsp3) is 0.240. The smallest absolute Gasteiger partial charge is 0.303 e. The van der Waals surface area contributed by atoms with Gasteiger partial charge in [0.2, 0.25) is 23.6 Å². The molecule has 0 radical (unpaired) electrons. The summed E-state index contributed by atoms with van der Waals surface area (Å²) in [5, 5.41) is 23.8. The summed E-state index contributed by atoms with van der Waals surface area (Å²) in [7, 11) is 0. The van der Waals surface area contributed by atoms with Crippen LogP contribution in [0.3, 0.4) is 0 Å². The lowest BCUT2D eigenvalue weighted by atomic mass is 9.98. The topological polar surface area (TPSA) is 208 Å². The summed E-state index contributed by atoms with van der Waals surface area (Å²) in [6.45, 7) is -0.444. The van der Waals surface area contributed by atoms with Gasteiger partial charge in [0, 0.05) is 55.7 Å². The molecule has 334 valence electrons. The molecule has 4 atom stereocenters. The van der Waals surface area contributed by atoms with Crippen LogP contribution in [-0.4, -0.2) is 82.9 Å². The number of benzene rings is 5. The molecule has 3 heterocycles. The van der Waals surface area contributed by atoms with Crippen molar-refractivity contribution in [2.24, 2.45) is 0 Å². The number of aliphatic carboxylic acids is 1. The molecule has 2 bridgehead atoms. The van der Waals surface area contributed by atoms with Crippen LogP contribution >= 0.6 is 0 Å². The van der Waals surface area contributed by atoms with E-state index in [2.05, 4.69) is 31.6 Å². The van der Waals surface area contributed by atoms with Gasteiger partial charge >= 0.3 is 5.97 Å². The van der Waals surface area contributed by atoms with E-state index in [1.165, 1.54) is 18.2 Å². The Kier molecular flexibility index (Phi) is 15.0. The summed E-state index contributed by atoms with van der Waals surface area (Å²) in [5.41, 5.74) is 4.81. The highest BCUT2D eigenvalue weighted by atomic mass is 19.1. The molecule has 65 heavy (non-hydrogen) atoms. The quantitative estimate of drug-likeness (QED) is 0.0684. The maximum atomic E-state index is 15.3. The second-order valence-corrected chi connectivity index (χ2v) is 15.9. The Bertz CT molecular complexity index is 2640. The Morgan fingerprint density at radius 2 is 1.28 bits per heavy atom. The molecule has 5 aromatic carbocycles. The fourth-order valence-electron chi connectivity index (χ4n) is 7.67. The molecule has 0 fully saturated rings. The first-order valence-corrected chi connectivity index (χ1v) is 21.3. The van der Waals surface area contributed by atoms with Gasteiger partial charge in [0.05, 0.1) is 0 Å². The number of para-hydroxylation sites is 1. The number of aromatic amines is 1. The predicted octanol–water partition coefficient (Wildman–Crippen LogP) is 4.56. The fourth-order valence-corrected chi connectivity index (χ4v) is 7.67. The molecule has 15 heteroatoms. The molecule has 0 aliphatic carbocycles. The molecule has 0 spiro atoms. The van der Waals surface area contributed by atoms with Crippen LogP contribution in [0.15, 0.2) is 134 Å². The second kappa shape index (κ2) is 21.5. The van der Waals surface area contributed by atoms with Crippen LogP contribution in [0.2, 0.25) is 0 Å². The molecule has 6 aromatic rings. The molecule has 0 unspecified atom stereocenters. The van der Waals surface area contributed by atoms with E-state index in [1.54, 1.807) is 36.5 Å². The van der Waals surface area contributed by atoms with Crippen LogP contribution in [0.4, 0.5) is 4.39 Å². The molecule has 2 aliphatic rings. The van der Waals surface area contributed by atoms with Crippen LogP contribution in [-0.2, 0) is 54.5 Å². The van der Waals surface area contributed by atoms with Crippen molar-refractivity contribution in [2.45, 2.75) is 62.7 Å². The van der Waals surface area contributed by atoms with Crippen molar-refractivity contribution in [3.05, 3.63) is 162 Å². The van der Waals surface area contributed by atoms with E-state index in [-0.39, 0.29) is 50.6 Å². The average Bonchev–Trinajstić information content (AvgIpc) is 3.72. The third-order valence-corrected chi connectivity index (χ3v) is 11.1. The maximum absolute atomic E-state index is 15.3. The van der Waals surface area contributed by atoms with Crippen molar-refractivity contribution in [2.75, 3.05) is 13.2 Å². The minimum Gasteiger partial charge on any atom is -0.484 e. The Balaban J connectivity index is 1.24. The van der Waals surface area contributed by atoms with Gasteiger partial charge in [-0.1, -0.05) is 103 Å². The molecule has 2 aliphatic heterocycles. The second-order valence-electron chi connectivity index (χ2n) is 15.9. The number of nitrogens with one attached hydrogen (secondary N) is 6. The molecular weight excluding hydrogens is 832 g/mol. The Morgan fingerprint density at radius 3 is 2.00 bits per heavy atom. The summed E-state index contributed by atoms with van der Waals surface area (Å²) in [4.78, 5) is 85.1. The van der Waals surface area contributed by atoms with E-state index in [0.29, 0.717) is 16.9 Å². The van der Waals surface area contributed by atoms with E-state index in [9.17, 15) is 28.8 Å². The molecule has 0 saturated carbocycles. The molecule has 1 aromatic heterocycles. The standard InChI is InChI=1S/C50H49FN6O8/c51-39-13-6-4-11-35(39)27-44-50(64)55-41(47(61)52-24-8-15-46(59)60)25-32-18-22-37(23-19-32)65-30-45(58)54-43(28-36-29-53-40-14-7-5-12-38(36)40)49(63)56-42(48(62)57-44)26-31-16-20-34(21-17-31)33-9-2-1-3-10-33/h1-7,9-14,16-23,29,41-44,53H,8,15,24-28,30H2,(H,52,61)(H,54,58)(H,55,64)(H,56,63)(H,57,62)(H,59,60)/t41-,42+,43-,44-/m0/s1. The van der Waals surface area contributed by atoms with E-state index >= 15 is 4.39 Å². The highest BCUT2D eigenvalue weighted by Crippen LogP contribution is 2.22. The van der Waals surface area contributed by atoms with Gasteiger partial charge in [-0.2, -0.15) is 0 Å². The van der Waals surface area contributed by atoms with Gasteiger partial charge in [-0.25, -0.2) is 4.39 Å². The Labute approximate surface area is 374 Å². The predicted molar refractivity (Wildman–Crippen MR) is 241 cm³/mol. The summed E-state index contributed by atoms with van der Waals surface area (Å²) in [6, 6.07) is 31.7. The number of hydrogen-bond acceptors (Lipinski definition) is 7. The minimum absolute atomic E-state index is 0.0107. The highest BCUT2D eigenvalue weighted by Gasteiger charge is 2.33. The monoisotopic (exact) mass is 880 g/mol. The van der Waals surface area contributed by atoms with Crippen molar-refractivity contribution in [1.29, 1.82) is 0 Å². The first kappa shape index (κ1) is 45.2. The van der Waals surface area contributed by atoms with Gasteiger partial charge in [0.25, 0.3) is 5.91 Å². The zero-order valence-electron chi connectivity index (χ0n) is 35.4.